The highest BCUT2D eigenvalue weighted by Gasteiger charge is 2.36. The number of amides is 1. The second-order valence-corrected chi connectivity index (χ2v) is 12.2. The van der Waals surface area contributed by atoms with Crippen molar-refractivity contribution in [3.63, 3.8) is 0 Å². The Kier molecular flexibility index (Phi) is 7.31. The average Bonchev–Trinajstić information content (AvgIpc) is 3.36. The molecule has 0 radical (unpaired) electrons. The van der Waals surface area contributed by atoms with Crippen LogP contribution in [0.25, 0.3) is 0 Å². The quantitative estimate of drug-likeness (QED) is 0.486. The summed E-state index contributed by atoms with van der Waals surface area (Å²) >= 11 is 1.48. The number of nitrogens with zero attached hydrogens (tertiary/aromatic N) is 4. The number of anilines is 1. The number of nitrogens with one attached hydrogen (secondary N) is 1. The molecule has 3 heterocycles. The second kappa shape index (κ2) is 10.2. The topological polar surface area (TPSA) is 116 Å². The molecular weight excluding hydrogens is 482 g/mol. The number of thiazole rings is 1. The van der Waals surface area contributed by atoms with Gasteiger partial charge in [-0.05, 0) is 35.7 Å². The summed E-state index contributed by atoms with van der Waals surface area (Å²) in [6.45, 7) is 7.42. The largest absolute Gasteiger partial charge is 0.302 e. The number of hydrogen-bond donors (Lipinski definition) is 1. The monoisotopic (exact) mass is 509 g/mol. The first-order valence-electron chi connectivity index (χ1n) is 11.4. The lowest BCUT2D eigenvalue weighted by molar-refractivity contribution is -0.115. The number of hydrogen-bond acceptors (Lipinski definition) is 8. The molecule has 1 aliphatic heterocycles. The lowest BCUT2D eigenvalue weighted by Crippen LogP contribution is -2.26. The molecule has 1 N–H and O–H groups in total. The molecule has 3 aromatic rings. The summed E-state index contributed by atoms with van der Waals surface area (Å²) < 4.78 is 23.9. The standard InChI is InChI=1S/C25H27N5O3S2/c1-4-35(32,33)20-10-9-19(27-13-20)11-22(31)28-25-29-23-21(34-25)15-30(24(23)16(2)3)14-18-7-5-17(12-26)6-8-18/h5-10,13,16,24H,4,11,14-15H2,1-3H3,(H,28,29,31). The van der Waals surface area contributed by atoms with Gasteiger partial charge in [0.25, 0.3) is 0 Å². The predicted molar refractivity (Wildman–Crippen MR) is 134 cm³/mol. The number of benzene rings is 1. The van der Waals surface area contributed by atoms with E-state index in [1.165, 1.54) is 23.6 Å². The van der Waals surface area contributed by atoms with Crippen molar-refractivity contribution in [1.29, 1.82) is 5.26 Å². The minimum Gasteiger partial charge on any atom is -0.302 e. The second-order valence-electron chi connectivity index (χ2n) is 8.84. The van der Waals surface area contributed by atoms with Gasteiger partial charge >= 0.3 is 0 Å². The molecule has 1 aliphatic rings. The highest BCUT2D eigenvalue weighted by atomic mass is 32.2. The van der Waals surface area contributed by atoms with Crippen LogP contribution < -0.4 is 5.32 Å². The first-order chi connectivity index (χ1) is 16.7. The van der Waals surface area contributed by atoms with Crippen LogP contribution in [0.15, 0.2) is 47.5 Å². The molecule has 35 heavy (non-hydrogen) atoms. The van der Waals surface area contributed by atoms with Crippen molar-refractivity contribution < 1.29 is 13.2 Å². The van der Waals surface area contributed by atoms with Crippen molar-refractivity contribution in [2.45, 2.75) is 51.2 Å². The number of aromatic nitrogens is 2. The Morgan fingerprint density at radius 2 is 2.00 bits per heavy atom. The smallest absolute Gasteiger partial charge is 0.232 e. The van der Waals surface area contributed by atoms with Gasteiger partial charge in [-0.1, -0.05) is 32.9 Å². The highest BCUT2D eigenvalue weighted by Crippen LogP contribution is 2.43. The Balaban J connectivity index is 1.41. The first-order valence-corrected chi connectivity index (χ1v) is 13.9. The van der Waals surface area contributed by atoms with Crippen molar-refractivity contribution in [3.8, 4) is 6.07 Å². The van der Waals surface area contributed by atoms with Crippen LogP contribution in [0.5, 0.6) is 0 Å². The number of fused-ring (bicyclic) bond motifs is 1. The summed E-state index contributed by atoms with van der Waals surface area (Å²) in [7, 11) is -3.32. The summed E-state index contributed by atoms with van der Waals surface area (Å²) in [6, 6.07) is 13.0. The predicted octanol–water partition coefficient (Wildman–Crippen LogP) is 4.10. The van der Waals surface area contributed by atoms with E-state index in [-0.39, 0.29) is 29.0 Å². The molecule has 10 heteroatoms. The lowest BCUT2D eigenvalue weighted by Gasteiger charge is -2.27. The van der Waals surface area contributed by atoms with Crippen LogP contribution in [0.1, 0.15) is 54.2 Å². The molecule has 1 amide bonds. The van der Waals surface area contributed by atoms with Crippen LogP contribution in [0, 0.1) is 17.2 Å². The molecule has 1 atom stereocenters. The van der Waals surface area contributed by atoms with Crippen molar-refractivity contribution in [2.75, 3.05) is 11.1 Å². The number of carbonyl (C=O) groups excluding carboxylic acids is 1. The SMILES string of the molecule is CCS(=O)(=O)c1ccc(CC(=O)Nc2nc3c(s2)CN(Cc2ccc(C#N)cc2)C3C(C)C)nc1. The Morgan fingerprint density at radius 3 is 2.60 bits per heavy atom. The zero-order chi connectivity index (χ0) is 25.2. The zero-order valence-electron chi connectivity index (χ0n) is 19.9. The minimum absolute atomic E-state index is 0.00546. The van der Waals surface area contributed by atoms with Gasteiger partial charge in [0, 0.05) is 29.9 Å². The van der Waals surface area contributed by atoms with E-state index >= 15 is 0 Å². The van der Waals surface area contributed by atoms with Gasteiger partial charge < -0.3 is 5.32 Å². The van der Waals surface area contributed by atoms with Crippen LogP contribution in [-0.4, -0.2) is 34.9 Å². The third kappa shape index (κ3) is 5.59. The maximum atomic E-state index is 12.6. The molecular formula is C25H27N5O3S2. The maximum Gasteiger partial charge on any atom is 0.232 e. The van der Waals surface area contributed by atoms with E-state index in [0.29, 0.717) is 22.3 Å². The summed E-state index contributed by atoms with van der Waals surface area (Å²) in [4.78, 5) is 25.2. The molecule has 2 aromatic heterocycles. The Hall–Kier alpha value is -3.13. The van der Waals surface area contributed by atoms with Crippen LogP contribution in [0.3, 0.4) is 0 Å². The molecule has 1 aromatic carbocycles. The summed E-state index contributed by atoms with van der Waals surface area (Å²) in [5, 5.41) is 12.5. The zero-order valence-corrected chi connectivity index (χ0v) is 21.5. The molecule has 0 saturated heterocycles. The van der Waals surface area contributed by atoms with Gasteiger partial charge in [-0.3, -0.25) is 14.7 Å². The van der Waals surface area contributed by atoms with Gasteiger partial charge in [-0.25, -0.2) is 13.4 Å². The number of carbonyl (C=O) groups is 1. The molecule has 8 nitrogen and oxygen atoms in total. The molecule has 0 aliphatic carbocycles. The average molecular weight is 510 g/mol. The maximum absolute atomic E-state index is 12.6. The lowest BCUT2D eigenvalue weighted by atomic mass is 10.0. The van der Waals surface area contributed by atoms with E-state index in [2.05, 4.69) is 35.1 Å². The summed E-state index contributed by atoms with van der Waals surface area (Å²) in [5.74, 6) is 0.0971. The molecule has 0 fully saturated rings. The molecule has 4 rings (SSSR count). The van der Waals surface area contributed by atoms with E-state index in [4.69, 9.17) is 10.2 Å². The fourth-order valence-electron chi connectivity index (χ4n) is 4.22. The first kappa shape index (κ1) is 25.0. The Labute approximate surface area is 209 Å². The third-order valence-electron chi connectivity index (χ3n) is 5.97. The fraction of sp³-hybridized carbons (Fsp3) is 0.360. The van der Waals surface area contributed by atoms with Gasteiger partial charge in [0.2, 0.25) is 5.91 Å². The van der Waals surface area contributed by atoms with Crippen LogP contribution >= 0.6 is 11.3 Å². The van der Waals surface area contributed by atoms with E-state index in [1.807, 2.05) is 24.3 Å². The van der Waals surface area contributed by atoms with Crippen molar-refractivity contribution in [2.24, 2.45) is 5.92 Å². The van der Waals surface area contributed by atoms with Crippen molar-refractivity contribution in [1.82, 2.24) is 14.9 Å². The Bertz CT molecular complexity index is 1360. The number of rotatable bonds is 8. The van der Waals surface area contributed by atoms with E-state index in [1.54, 1.807) is 13.0 Å². The van der Waals surface area contributed by atoms with Crippen LogP contribution in [-0.2, 0) is 34.1 Å². The summed E-state index contributed by atoms with van der Waals surface area (Å²) in [6.07, 6.45) is 1.34. The van der Waals surface area contributed by atoms with Gasteiger partial charge in [0.15, 0.2) is 15.0 Å². The number of nitriles is 1. The molecule has 0 spiro atoms. The summed E-state index contributed by atoms with van der Waals surface area (Å²) in [5.41, 5.74) is 3.29. The molecule has 1 unspecified atom stereocenters. The van der Waals surface area contributed by atoms with E-state index in [9.17, 15) is 13.2 Å². The third-order valence-corrected chi connectivity index (χ3v) is 8.66. The Morgan fingerprint density at radius 1 is 1.26 bits per heavy atom. The molecule has 0 bridgehead atoms. The fourth-order valence-corrected chi connectivity index (χ4v) is 6.09. The normalized spacial score (nSPS) is 15.7. The van der Waals surface area contributed by atoms with Gasteiger partial charge in [0.1, 0.15) is 0 Å². The van der Waals surface area contributed by atoms with E-state index < -0.39 is 9.84 Å². The molecule has 0 saturated carbocycles. The highest BCUT2D eigenvalue weighted by molar-refractivity contribution is 7.91. The number of sulfone groups is 1. The van der Waals surface area contributed by atoms with Crippen LogP contribution in [0.4, 0.5) is 5.13 Å². The minimum atomic E-state index is -3.32. The van der Waals surface area contributed by atoms with Gasteiger partial charge in [-0.2, -0.15) is 5.26 Å². The van der Waals surface area contributed by atoms with Crippen LogP contribution in [0.2, 0.25) is 0 Å². The van der Waals surface area contributed by atoms with Crippen molar-refractivity contribution >= 4 is 32.2 Å². The van der Waals surface area contributed by atoms with Gasteiger partial charge in [-0.15, -0.1) is 11.3 Å². The van der Waals surface area contributed by atoms with E-state index in [0.717, 1.165) is 29.2 Å². The number of pyridine rings is 1. The molecule has 182 valence electrons. The van der Waals surface area contributed by atoms with Gasteiger partial charge in [0.05, 0.1) is 40.4 Å². The van der Waals surface area contributed by atoms with Crippen molar-refractivity contribution in [3.05, 3.63) is 70.0 Å².